The van der Waals surface area contributed by atoms with Crippen molar-refractivity contribution >= 4 is 5.91 Å². The molecular weight excluding hydrogens is 264 g/mol. The Bertz CT molecular complexity index is 441. The number of benzene rings is 1. The van der Waals surface area contributed by atoms with E-state index in [0.717, 1.165) is 31.2 Å². The molecule has 1 aliphatic carbocycles. The second kappa shape index (κ2) is 7.57. The van der Waals surface area contributed by atoms with Crippen molar-refractivity contribution in [3.8, 4) is 0 Å². The Morgan fingerprint density at radius 1 is 1.24 bits per heavy atom. The number of amides is 1. The number of aliphatic hydroxyl groups excluding tert-OH is 1. The van der Waals surface area contributed by atoms with Crippen LogP contribution in [-0.4, -0.2) is 29.2 Å². The van der Waals surface area contributed by atoms with Crippen LogP contribution in [0.25, 0.3) is 0 Å². The standard InChI is InChI=1S/C17H26N2O2/c18-17(9-5-2-6-10-17)12-16(21)19-15(13-20)11-14-7-3-1-4-8-14/h1,3-4,7-8,15,20H,2,5-6,9-13,18H2,(H,19,21)/t15-/m1/s1. The van der Waals surface area contributed by atoms with Crippen molar-refractivity contribution in [1.82, 2.24) is 5.32 Å². The lowest BCUT2D eigenvalue weighted by Crippen LogP contribution is -2.48. The number of hydrogen-bond donors (Lipinski definition) is 3. The molecule has 0 bridgehead atoms. The zero-order valence-electron chi connectivity index (χ0n) is 12.6. The fourth-order valence-electron chi connectivity index (χ4n) is 3.09. The third-order valence-electron chi connectivity index (χ3n) is 4.27. The lowest BCUT2D eigenvalue weighted by Gasteiger charge is -2.33. The van der Waals surface area contributed by atoms with Gasteiger partial charge in [0.25, 0.3) is 0 Å². The van der Waals surface area contributed by atoms with Gasteiger partial charge in [0, 0.05) is 12.0 Å². The Hall–Kier alpha value is -1.39. The van der Waals surface area contributed by atoms with Crippen LogP contribution in [0.15, 0.2) is 30.3 Å². The highest BCUT2D eigenvalue weighted by Gasteiger charge is 2.30. The van der Waals surface area contributed by atoms with Crippen LogP contribution >= 0.6 is 0 Å². The van der Waals surface area contributed by atoms with Crippen LogP contribution in [0.4, 0.5) is 0 Å². The summed E-state index contributed by atoms with van der Waals surface area (Å²) in [5.74, 6) is -0.0469. The second-order valence-electron chi connectivity index (χ2n) is 6.24. The van der Waals surface area contributed by atoms with Gasteiger partial charge in [0.2, 0.25) is 5.91 Å². The molecule has 1 amide bonds. The fraction of sp³-hybridized carbons (Fsp3) is 0.588. The van der Waals surface area contributed by atoms with E-state index in [2.05, 4.69) is 5.32 Å². The van der Waals surface area contributed by atoms with Crippen LogP contribution in [0, 0.1) is 0 Å². The molecule has 0 aliphatic heterocycles. The predicted octanol–water partition coefficient (Wildman–Crippen LogP) is 1.76. The van der Waals surface area contributed by atoms with Crippen molar-refractivity contribution in [2.24, 2.45) is 5.73 Å². The maximum absolute atomic E-state index is 12.2. The van der Waals surface area contributed by atoms with Gasteiger partial charge in [0.1, 0.15) is 0 Å². The second-order valence-corrected chi connectivity index (χ2v) is 6.24. The molecule has 1 aliphatic rings. The fourth-order valence-corrected chi connectivity index (χ4v) is 3.09. The number of nitrogens with one attached hydrogen (secondary N) is 1. The van der Waals surface area contributed by atoms with Gasteiger partial charge in [-0.25, -0.2) is 0 Å². The zero-order valence-corrected chi connectivity index (χ0v) is 12.6. The molecular formula is C17H26N2O2. The number of carbonyl (C=O) groups is 1. The SMILES string of the molecule is NC1(CC(=O)N[C@@H](CO)Cc2ccccc2)CCCCC1. The summed E-state index contributed by atoms with van der Waals surface area (Å²) in [6.07, 6.45) is 6.27. The highest BCUT2D eigenvalue weighted by atomic mass is 16.3. The third kappa shape index (κ3) is 5.14. The average Bonchev–Trinajstić information content (AvgIpc) is 2.47. The highest BCUT2D eigenvalue weighted by molar-refractivity contribution is 5.77. The van der Waals surface area contributed by atoms with E-state index >= 15 is 0 Å². The first kappa shape index (κ1) is 16.0. The van der Waals surface area contributed by atoms with Crippen LogP contribution in [0.3, 0.4) is 0 Å². The first-order chi connectivity index (χ1) is 10.1. The summed E-state index contributed by atoms with van der Waals surface area (Å²) in [4.78, 5) is 12.2. The highest BCUT2D eigenvalue weighted by Crippen LogP contribution is 2.28. The number of aliphatic hydroxyl groups is 1. The molecule has 116 valence electrons. The Morgan fingerprint density at radius 2 is 1.90 bits per heavy atom. The van der Waals surface area contributed by atoms with E-state index in [4.69, 9.17) is 5.73 Å². The van der Waals surface area contributed by atoms with Crippen molar-refractivity contribution < 1.29 is 9.90 Å². The first-order valence-electron chi connectivity index (χ1n) is 7.84. The largest absolute Gasteiger partial charge is 0.394 e. The molecule has 2 rings (SSSR count). The van der Waals surface area contributed by atoms with E-state index in [1.165, 1.54) is 6.42 Å². The zero-order chi connectivity index (χ0) is 15.1. The van der Waals surface area contributed by atoms with Crippen LogP contribution in [0.2, 0.25) is 0 Å². The summed E-state index contributed by atoms with van der Waals surface area (Å²) >= 11 is 0. The molecule has 4 N–H and O–H groups in total. The number of carbonyl (C=O) groups excluding carboxylic acids is 1. The molecule has 1 atom stereocenters. The van der Waals surface area contributed by atoms with Gasteiger partial charge in [-0.3, -0.25) is 4.79 Å². The lowest BCUT2D eigenvalue weighted by molar-refractivity contribution is -0.123. The monoisotopic (exact) mass is 290 g/mol. The number of rotatable bonds is 6. The normalized spacial score (nSPS) is 19.0. The molecule has 1 saturated carbocycles. The van der Waals surface area contributed by atoms with Gasteiger partial charge >= 0.3 is 0 Å². The Kier molecular flexibility index (Phi) is 5.76. The maximum atomic E-state index is 12.2. The predicted molar refractivity (Wildman–Crippen MR) is 83.8 cm³/mol. The molecule has 0 unspecified atom stereocenters. The Balaban J connectivity index is 1.84. The van der Waals surface area contributed by atoms with E-state index in [0.29, 0.717) is 12.8 Å². The molecule has 4 heteroatoms. The summed E-state index contributed by atoms with van der Waals surface area (Å²) in [5.41, 5.74) is 7.06. The minimum absolute atomic E-state index is 0.0469. The Labute approximate surface area is 126 Å². The molecule has 0 radical (unpaired) electrons. The summed E-state index contributed by atoms with van der Waals surface area (Å²) in [5, 5.41) is 12.4. The topological polar surface area (TPSA) is 75.4 Å². The van der Waals surface area contributed by atoms with E-state index in [9.17, 15) is 9.90 Å². The summed E-state index contributed by atoms with van der Waals surface area (Å²) in [7, 11) is 0. The van der Waals surface area contributed by atoms with Crippen LogP contribution in [0.5, 0.6) is 0 Å². The van der Waals surface area contributed by atoms with Crippen LogP contribution in [0.1, 0.15) is 44.1 Å². The van der Waals surface area contributed by atoms with E-state index in [1.54, 1.807) is 0 Å². The van der Waals surface area contributed by atoms with Crippen LogP contribution < -0.4 is 11.1 Å². The van der Waals surface area contributed by atoms with Crippen molar-refractivity contribution in [1.29, 1.82) is 0 Å². The van der Waals surface area contributed by atoms with Gasteiger partial charge in [-0.2, -0.15) is 0 Å². The van der Waals surface area contributed by atoms with Gasteiger partial charge in [-0.15, -0.1) is 0 Å². The number of nitrogens with two attached hydrogens (primary N) is 1. The molecule has 1 fully saturated rings. The van der Waals surface area contributed by atoms with Gasteiger partial charge < -0.3 is 16.2 Å². The minimum Gasteiger partial charge on any atom is -0.394 e. The van der Waals surface area contributed by atoms with Gasteiger partial charge in [0.05, 0.1) is 12.6 Å². The molecule has 0 saturated heterocycles. The number of hydrogen-bond acceptors (Lipinski definition) is 3. The van der Waals surface area contributed by atoms with Crippen molar-refractivity contribution in [3.05, 3.63) is 35.9 Å². The van der Waals surface area contributed by atoms with Crippen LogP contribution in [-0.2, 0) is 11.2 Å². The molecule has 4 nitrogen and oxygen atoms in total. The van der Waals surface area contributed by atoms with E-state index < -0.39 is 0 Å². The maximum Gasteiger partial charge on any atom is 0.222 e. The van der Waals surface area contributed by atoms with Crippen molar-refractivity contribution in [3.63, 3.8) is 0 Å². The average molecular weight is 290 g/mol. The summed E-state index contributed by atoms with van der Waals surface area (Å²) in [6.45, 7) is -0.0573. The summed E-state index contributed by atoms with van der Waals surface area (Å²) in [6, 6.07) is 9.63. The molecule has 0 aromatic heterocycles. The molecule has 0 heterocycles. The van der Waals surface area contributed by atoms with Crippen molar-refractivity contribution in [2.45, 2.75) is 56.5 Å². The molecule has 21 heavy (non-hydrogen) atoms. The van der Waals surface area contributed by atoms with E-state index in [-0.39, 0.29) is 24.1 Å². The van der Waals surface area contributed by atoms with E-state index in [1.807, 2.05) is 30.3 Å². The first-order valence-corrected chi connectivity index (χ1v) is 7.84. The molecule has 0 spiro atoms. The molecule has 1 aromatic carbocycles. The van der Waals surface area contributed by atoms with Crippen molar-refractivity contribution in [2.75, 3.05) is 6.61 Å². The van der Waals surface area contributed by atoms with Gasteiger partial charge in [-0.05, 0) is 24.8 Å². The van der Waals surface area contributed by atoms with Gasteiger partial charge in [0.15, 0.2) is 0 Å². The minimum atomic E-state index is -0.352. The third-order valence-corrected chi connectivity index (χ3v) is 4.27. The van der Waals surface area contributed by atoms with Gasteiger partial charge in [-0.1, -0.05) is 49.6 Å². The Morgan fingerprint density at radius 3 is 2.52 bits per heavy atom. The lowest BCUT2D eigenvalue weighted by atomic mass is 9.80. The summed E-state index contributed by atoms with van der Waals surface area (Å²) < 4.78 is 0. The molecule has 1 aromatic rings. The quantitative estimate of drug-likeness (QED) is 0.747. The smallest absolute Gasteiger partial charge is 0.222 e.